The van der Waals surface area contributed by atoms with Crippen molar-refractivity contribution >= 4 is 44.6 Å². The van der Waals surface area contributed by atoms with Crippen molar-refractivity contribution in [2.75, 3.05) is 26.1 Å². The number of amides is 1. The smallest absolute Gasteiger partial charge is 0.267 e. The molecule has 168 valence electrons. The van der Waals surface area contributed by atoms with Crippen LogP contribution in [-0.4, -0.2) is 39.4 Å². The van der Waals surface area contributed by atoms with Crippen molar-refractivity contribution in [2.45, 2.75) is 17.9 Å². The summed E-state index contributed by atoms with van der Waals surface area (Å²) in [5, 5.41) is 4.64. The predicted octanol–water partition coefficient (Wildman–Crippen LogP) is 4.42. The van der Waals surface area contributed by atoms with E-state index in [1.54, 1.807) is 5.38 Å². The first kappa shape index (κ1) is 22.6. The van der Waals surface area contributed by atoms with Crippen LogP contribution >= 0.6 is 22.9 Å². The molecule has 10 heteroatoms. The Morgan fingerprint density at radius 2 is 1.81 bits per heavy atom. The van der Waals surface area contributed by atoms with E-state index >= 15 is 0 Å². The summed E-state index contributed by atoms with van der Waals surface area (Å²) in [7, 11) is -0.953. The number of sulfonamides is 1. The summed E-state index contributed by atoms with van der Waals surface area (Å²) in [5.74, 6) is 0.130. The molecule has 0 atom stereocenters. The van der Waals surface area contributed by atoms with Gasteiger partial charge in [0.1, 0.15) is 21.3 Å². The maximum absolute atomic E-state index is 13.4. The lowest BCUT2D eigenvalue weighted by Crippen LogP contribution is -2.36. The number of ether oxygens (including phenoxy) is 2. The molecule has 0 fully saturated rings. The molecule has 4 rings (SSSR count). The number of carbonyl (C=O) groups excluding carboxylic acids is 1. The first-order valence-electron chi connectivity index (χ1n) is 9.72. The summed E-state index contributed by atoms with van der Waals surface area (Å²) >= 11 is 7.19. The van der Waals surface area contributed by atoms with Gasteiger partial charge in [-0.05, 0) is 29.0 Å². The van der Waals surface area contributed by atoms with Gasteiger partial charge in [0.15, 0.2) is 0 Å². The molecule has 1 amide bonds. The molecule has 0 saturated heterocycles. The van der Waals surface area contributed by atoms with Crippen molar-refractivity contribution in [3.63, 3.8) is 0 Å². The van der Waals surface area contributed by atoms with Gasteiger partial charge in [-0.1, -0.05) is 35.9 Å². The molecule has 1 aliphatic rings. The number of fused-ring (bicyclic) bond motifs is 1. The van der Waals surface area contributed by atoms with Crippen LogP contribution in [0.3, 0.4) is 0 Å². The zero-order chi connectivity index (χ0) is 22.9. The van der Waals surface area contributed by atoms with E-state index in [1.165, 1.54) is 36.7 Å². The van der Waals surface area contributed by atoms with E-state index in [4.69, 9.17) is 21.1 Å². The maximum atomic E-state index is 13.4. The highest BCUT2D eigenvalue weighted by molar-refractivity contribution is 7.89. The van der Waals surface area contributed by atoms with Crippen LogP contribution in [0.25, 0.3) is 0 Å². The fourth-order valence-corrected chi connectivity index (χ4v) is 6.56. The Morgan fingerprint density at radius 1 is 1.09 bits per heavy atom. The fourth-order valence-electron chi connectivity index (χ4n) is 3.62. The number of thiophene rings is 1. The highest BCUT2D eigenvalue weighted by Gasteiger charge is 2.32. The topological polar surface area (TPSA) is 84.9 Å². The van der Waals surface area contributed by atoms with Gasteiger partial charge in [0, 0.05) is 25.2 Å². The summed E-state index contributed by atoms with van der Waals surface area (Å²) in [4.78, 5) is 13.1. The molecule has 3 aromatic rings. The van der Waals surface area contributed by atoms with Crippen molar-refractivity contribution < 1.29 is 22.7 Å². The van der Waals surface area contributed by atoms with Crippen LogP contribution in [0.15, 0.2) is 52.7 Å². The third-order valence-corrected chi connectivity index (χ3v) is 8.50. The number of benzene rings is 2. The molecule has 1 aliphatic heterocycles. The summed E-state index contributed by atoms with van der Waals surface area (Å²) in [6, 6.07) is 12.3. The molecule has 0 unspecified atom stereocenters. The van der Waals surface area contributed by atoms with Crippen LogP contribution in [0.4, 0.5) is 5.69 Å². The first-order valence-corrected chi connectivity index (χ1v) is 12.4. The van der Waals surface area contributed by atoms with E-state index in [1.807, 2.05) is 24.3 Å². The van der Waals surface area contributed by atoms with Crippen LogP contribution in [0.5, 0.6) is 11.5 Å². The summed E-state index contributed by atoms with van der Waals surface area (Å²) in [6.07, 6.45) is 0.628. The maximum Gasteiger partial charge on any atom is 0.267 e. The second kappa shape index (κ2) is 9.11. The van der Waals surface area contributed by atoms with Gasteiger partial charge in [-0.3, -0.25) is 4.79 Å². The Morgan fingerprint density at radius 3 is 2.53 bits per heavy atom. The lowest BCUT2D eigenvalue weighted by Gasteiger charge is -2.28. The van der Waals surface area contributed by atoms with Crippen molar-refractivity contribution in [2.24, 2.45) is 0 Å². The van der Waals surface area contributed by atoms with Gasteiger partial charge < -0.3 is 14.8 Å². The molecular formula is C22H21ClN2O5S2. The SMILES string of the molecule is COc1cc(NC(=O)c2sccc2S(=O)(=O)N2CCc3ccccc3C2)c(OC)cc1Cl. The number of carbonyl (C=O) groups is 1. The highest BCUT2D eigenvalue weighted by atomic mass is 35.5. The molecule has 0 aliphatic carbocycles. The van der Waals surface area contributed by atoms with E-state index in [9.17, 15) is 13.2 Å². The van der Waals surface area contributed by atoms with Crippen LogP contribution in [-0.2, 0) is 23.0 Å². The number of rotatable bonds is 6. The summed E-state index contributed by atoms with van der Waals surface area (Å²) in [5.41, 5.74) is 2.44. The van der Waals surface area contributed by atoms with Crippen molar-refractivity contribution in [3.05, 3.63) is 68.9 Å². The van der Waals surface area contributed by atoms with E-state index in [-0.39, 0.29) is 16.3 Å². The zero-order valence-corrected chi connectivity index (χ0v) is 19.8. The number of nitrogens with zero attached hydrogens (tertiary/aromatic N) is 1. The molecule has 32 heavy (non-hydrogen) atoms. The molecule has 0 spiro atoms. The number of hydrogen-bond donors (Lipinski definition) is 1. The standard InChI is InChI=1S/C22H21ClN2O5S2/c1-29-18-12-17(19(30-2)11-16(18)23)24-22(26)21-20(8-10-31-21)32(27,28)25-9-7-14-5-3-4-6-15(14)13-25/h3-6,8,10-12H,7,9,13H2,1-2H3,(H,24,26). The second-order valence-electron chi connectivity index (χ2n) is 7.11. The summed E-state index contributed by atoms with van der Waals surface area (Å²) in [6.45, 7) is 0.635. The van der Waals surface area contributed by atoms with Crippen LogP contribution in [0.1, 0.15) is 20.8 Å². The molecule has 0 saturated carbocycles. The molecule has 0 radical (unpaired) electrons. The van der Waals surface area contributed by atoms with E-state index in [2.05, 4.69) is 5.32 Å². The molecule has 0 bridgehead atoms. The number of halogens is 1. The molecule has 1 N–H and O–H groups in total. The Kier molecular flexibility index (Phi) is 6.43. The minimum atomic E-state index is -3.86. The van der Waals surface area contributed by atoms with Gasteiger partial charge in [0.25, 0.3) is 5.91 Å². The molecule has 2 heterocycles. The minimum Gasteiger partial charge on any atom is -0.495 e. The van der Waals surface area contributed by atoms with Crippen LogP contribution < -0.4 is 14.8 Å². The van der Waals surface area contributed by atoms with Gasteiger partial charge >= 0.3 is 0 Å². The van der Waals surface area contributed by atoms with Crippen molar-refractivity contribution in [3.8, 4) is 11.5 Å². The molecule has 7 nitrogen and oxygen atoms in total. The number of nitrogens with one attached hydrogen (secondary N) is 1. The van der Waals surface area contributed by atoms with Gasteiger partial charge in [-0.2, -0.15) is 4.31 Å². The van der Waals surface area contributed by atoms with E-state index in [0.717, 1.165) is 22.5 Å². The molecule has 1 aromatic heterocycles. The van der Waals surface area contributed by atoms with Gasteiger partial charge in [0.2, 0.25) is 10.0 Å². The lowest BCUT2D eigenvalue weighted by molar-refractivity contribution is 0.102. The largest absolute Gasteiger partial charge is 0.495 e. The van der Waals surface area contributed by atoms with Gasteiger partial charge in [-0.15, -0.1) is 11.3 Å². The number of hydrogen-bond acceptors (Lipinski definition) is 6. The van der Waals surface area contributed by atoms with E-state index in [0.29, 0.717) is 35.2 Å². The molecule has 2 aromatic carbocycles. The average molecular weight is 493 g/mol. The number of anilines is 1. The van der Waals surface area contributed by atoms with Crippen molar-refractivity contribution in [1.82, 2.24) is 4.31 Å². The van der Waals surface area contributed by atoms with Gasteiger partial charge in [-0.25, -0.2) is 8.42 Å². The quantitative estimate of drug-likeness (QED) is 0.550. The zero-order valence-electron chi connectivity index (χ0n) is 17.4. The van der Waals surface area contributed by atoms with E-state index < -0.39 is 15.9 Å². The Balaban J connectivity index is 1.62. The predicted molar refractivity (Wildman–Crippen MR) is 125 cm³/mol. The average Bonchev–Trinajstić information content (AvgIpc) is 3.30. The lowest BCUT2D eigenvalue weighted by atomic mass is 10.0. The fraction of sp³-hybridized carbons (Fsp3) is 0.227. The molecular weight excluding hydrogens is 472 g/mol. The third kappa shape index (κ3) is 4.21. The summed E-state index contributed by atoms with van der Waals surface area (Å²) < 4.78 is 38.7. The van der Waals surface area contributed by atoms with Crippen LogP contribution in [0.2, 0.25) is 5.02 Å². The monoisotopic (exact) mass is 492 g/mol. The van der Waals surface area contributed by atoms with Gasteiger partial charge in [0.05, 0.1) is 24.9 Å². The minimum absolute atomic E-state index is 0.0146. The Hall–Kier alpha value is -2.59. The first-order chi connectivity index (χ1) is 15.3. The Bertz CT molecular complexity index is 1270. The normalized spacial score (nSPS) is 14.0. The highest BCUT2D eigenvalue weighted by Crippen LogP contribution is 2.37. The number of methoxy groups -OCH3 is 2. The van der Waals surface area contributed by atoms with Crippen molar-refractivity contribution in [1.29, 1.82) is 0 Å². The van der Waals surface area contributed by atoms with Crippen LogP contribution in [0, 0.1) is 0 Å². The second-order valence-corrected chi connectivity index (χ2v) is 10.3. The Labute approximate surface area is 195 Å². The third-order valence-electron chi connectivity index (χ3n) is 5.27.